The highest BCUT2D eigenvalue weighted by Crippen LogP contribution is 2.16. The molecule has 0 saturated heterocycles. The number of nitrogens with one attached hydrogen (secondary N) is 1. The molecule has 0 aliphatic rings. The lowest BCUT2D eigenvalue weighted by Gasteiger charge is -2.18. The predicted octanol–water partition coefficient (Wildman–Crippen LogP) is 4.72. The Morgan fingerprint density at radius 1 is 1.06 bits per heavy atom. The van der Waals surface area contributed by atoms with Crippen molar-refractivity contribution in [2.75, 3.05) is 5.32 Å². The van der Waals surface area contributed by atoms with Crippen LogP contribution in [-0.2, 0) is 6.42 Å². The maximum atomic E-state index is 3.61. The summed E-state index contributed by atoms with van der Waals surface area (Å²) in [7, 11) is 0. The fourth-order valence-corrected chi connectivity index (χ4v) is 2.55. The molecule has 0 fully saturated rings. The van der Waals surface area contributed by atoms with E-state index in [-0.39, 0.29) is 0 Å². The fraction of sp³-hybridized carbons (Fsp3) is 0.250. The molecule has 2 aromatic rings. The van der Waals surface area contributed by atoms with Gasteiger partial charge in [0.15, 0.2) is 0 Å². The number of rotatable bonds is 5. The molecule has 94 valence electrons. The minimum absolute atomic E-state index is 0.491. The van der Waals surface area contributed by atoms with E-state index in [0.717, 1.165) is 12.8 Å². The van der Waals surface area contributed by atoms with Crippen molar-refractivity contribution >= 4 is 28.3 Å². The topological polar surface area (TPSA) is 12.0 Å². The molecule has 2 aromatic carbocycles. The zero-order valence-corrected chi connectivity index (χ0v) is 12.7. The Morgan fingerprint density at radius 3 is 2.50 bits per heavy atom. The Labute approximate surface area is 123 Å². The van der Waals surface area contributed by atoms with Crippen molar-refractivity contribution in [3.63, 3.8) is 0 Å². The third-order valence-electron chi connectivity index (χ3n) is 3.01. The van der Waals surface area contributed by atoms with E-state index in [2.05, 4.69) is 89.4 Å². The Hall–Kier alpha value is -1.03. The Bertz CT molecular complexity index is 481. The summed E-state index contributed by atoms with van der Waals surface area (Å²) in [4.78, 5) is 0. The smallest absolute Gasteiger partial charge is 0.0353 e. The summed E-state index contributed by atoms with van der Waals surface area (Å²) in [5.41, 5.74) is 2.60. The van der Waals surface area contributed by atoms with Gasteiger partial charge in [-0.1, -0.05) is 43.3 Å². The standard InChI is InChI=1S/C16H18IN/c1-2-15(11-13-7-4-3-5-8-13)18-16-10-6-9-14(17)12-16/h3-10,12,15,18H,2,11H2,1H3. The van der Waals surface area contributed by atoms with Crippen molar-refractivity contribution in [1.82, 2.24) is 0 Å². The zero-order valence-electron chi connectivity index (χ0n) is 10.6. The molecular formula is C16H18IN. The van der Waals surface area contributed by atoms with Gasteiger partial charge in [0.25, 0.3) is 0 Å². The minimum atomic E-state index is 0.491. The second-order valence-corrected chi connectivity index (χ2v) is 5.70. The highest BCUT2D eigenvalue weighted by Gasteiger charge is 2.07. The van der Waals surface area contributed by atoms with Crippen molar-refractivity contribution in [3.8, 4) is 0 Å². The normalized spacial score (nSPS) is 12.1. The van der Waals surface area contributed by atoms with Gasteiger partial charge < -0.3 is 5.32 Å². The molecule has 1 atom stereocenters. The molecule has 0 bridgehead atoms. The maximum Gasteiger partial charge on any atom is 0.0353 e. The summed E-state index contributed by atoms with van der Waals surface area (Å²) < 4.78 is 1.27. The van der Waals surface area contributed by atoms with E-state index in [4.69, 9.17) is 0 Å². The Morgan fingerprint density at radius 2 is 1.83 bits per heavy atom. The van der Waals surface area contributed by atoms with E-state index in [0.29, 0.717) is 6.04 Å². The van der Waals surface area contributed by atoms with Crippen LogP contribution >= 0.6 is 22.6 Å². The van der Waals surface area contributed by atoms with Crippen molar-refractivity contribution in [2.24, 2.45) is 0 Å². The molecule has 0 saturated carbocycles. The van der Waals surface area contributed by atoms with Crippen LogP contribution in [0.25, 0.3) is 0 Å². The van der Waals surface area contributed by atoms with Gasteiger partial charge in [-0.25, -0.2) is 0 Å². The van der Waals surface area contributed by atoms with Crippen LogP contribution in [0.2, 0.25) is 0 Å². The van der Waals surface area contributed by atoms with E-state index in [1.54, 1.807) is 0 Å². The molecule has 0 amide bonds. The van der Waals surface area contributed by atoms with Crippen LogP contribution in [0.4, 0.5) is 5.69 Å². The van der Waals surface area contributed by atoms with E-state index < -0.39 is 0 Å². The molecule has 0 spiro atoms. The molecule has 0 heterocycles. The van der Waals surface area contributed by atoms with Crippen LogP contribution in [0.5, 0.6) is 0 Å². The summed E-state index contributed by atoms with van der Waals surface area (Å²) in [6.07, 6.45) is 2.20. The minimum Gasteiger partial charge on any atom is -0.382 e. The molecule has 0 aliphatic carbocycles. The van der Waals surface area contributed by atoms with Crippen LogP contribution in [0, 0.1) is 3.57 Å². The van der Waals surface area contributed by atoms with Gasteiger partial charge in [-0.3, -0.25) is 0 Å². The van der Waals surface area contributed by atoms with Gasteiger partial charge in [-0.15, -0.1) is 0 Å². The summed E-state index contributed by atoms with van der Waals surface area (Å²) in [6.45, 7) is 2.23. The van der Waals surface area contributed by atoms with E-state index in [1.807, 2.05) is 0 Å². The van der Waals surface area contributed by atoms with Crippen molar-refractivity contribution in [3.05, 3.63) is 63.7 Å². The molecule has 1 N–H and O–H groups in total. The van der Waals surface area contributed by atoms with Crippen molar-refractivity contribution in [1.29, 1.82) is 0 Å². The average molecular weight is 351 g/mol. The summed E-state index contributed by atoms with van der Waals surface area (Å²) >= 11 is 2.35. The number of hydrogen-bond acceptors (Lipinski definition) is 1. The fourth-order valence-electron chi connectivity index (χ4n) is 2.01. The van der Waals surface area contributed by atoms with Crippen LogP contribution in [0.15, 0.2) is 54.6 Å². The van der Waals surface area contributed by atoms with E-state index in [9.17, 15) is 0 Å². The predicted molar refractivity (Wildman–Crippen MR) is 87.0 cm³/mol. The van der Waals surface area contributed by atoms with Crippen molar-refractivity contribution in [2.45, 2.75) is 25.8 Å². The monoisotopic (exact) mass is 351 g/mol. The van der Waals surface area contributed by atoms with Gasteiger partial charge >= 0.3 is 0 Å². The maximum absolute atomic E-state index is 3.61. The first-order valence-electron chi connectivity index (χ1n) is 6.34. The number of benzene rings is 2. The van der Waals surface area contributed by atoms with Crippen LogP contribution in [-0.4, -0.2) is 6.04 Å². The summed E-state index contributed by atoms with van der Waals surface area (Å²) in [6, 6.07) is 19.7. The number of anilines is 1. The molecular weight excluding hydrogens is 333 g/mol. The first-order valence-corrected chi connectivity index (χ1v) is 7.42. The quantitative estimate of drug-likeness (QED) is 0.769. The molecule has 0 aliphatic heterocycles. The van der Waals surface area contributed by atoms with Gasteiger partial charge in [-0.2, -0.15) is 0 Å². The summed E-state index contributed by atoms with van der Waals surface area (Å²) in [5.74, 6) is 0. The molecule has 0 aromatic heterocycles. The largest absolute Gasteiger partial charge is 0.382 e. The Kier molecular flexibility index (Phi) is 5.05. The first kappa shape index (κ1) is 13.4. The number of hydrogen-bond donors (Lipinski definition) is 1. The SMILES string of the molecule is CCC(Cc1ccccc1)Nc1cccc(I)c1. The van der Waals surface area contributed by atoms with Crippen LogP contribution in [0.3, 0.4) is 0 Å². The lowest BCUT2D eigenvalue weighted by Crippen LogP contribution is -2.21. The van der Waals surface area contributed by atoms with Crippen LogP contribution in [0.1, 0.15) is 18.9 Å². The van der Waals surface area contributed by atoms with E-state index in [1.165, 1.54) is 14.8 Å². The van der Waals surface area contributed by atoms with Crippen LogP contribution < -0.4 is 5.32 Å². The average Bonchev–Trinajstić information content (AvgIpc) is 2.39. The van der Waals surface area contributed by atoms with E-state index >= 15 is 0 Å². The van der Waals surface area contributed by atoms with Gasteiger partial charge in [0.05, 0.1) is 0 Å². The molecule has 18 heavy (non-hydrogen) atoms. The van der Waals surface area contributed by atoms with Gasteiger partial charge in [0.1, 0.15) is 0 Å². The molecule has 0 radical (unpaired) electrons. The van der Waals surface area contributed by atoms with Gasteiger partial charge in [-0.05, 0) is 59.2 Å². The molecule has 1 nitrogen and oxygen atoms in total. The highest BCUT2D eigenvalue weighted by molar-refractivity contribution is 14.1. The van der Waals surface area contributed by atoms with Gasteiger partial charge in [0, 0.05) is 15.3 Å². The lowest BCUT2D eigenvalue weighted by atomic mass is 10.0. The molecule has 2 rings (SSSR count). The zero-order chi connectivity index (χ0) is 12.8. The lowest BCUT2D eigenvalue weighted by molar-refractivity contribution is 0.690. The first-order chi connectivity index (χ1) is 8.78. The molecule has 2 heteroatoms. The number of halogens is 1. The second-order valence-electron chi connectivity index (χ2n) is 4.45. The third kappa shape index (κ3) is 4.02. The third-order valence-corrected chi connectivity index (χ3v) is 3.68. The summed E-state index contributed by atoms with van der Waals surface area (Å²) in [5, 5.41) is 3.61. The molecule has 1 unspecified atom stereocenters. The van der Waals surface area contributed by atoms with Crippen molar-refractivity contribution < 1.29 is 0 Å². The second kappa shape index (κ2) is 6.78. The Balaban J connectivity index is 2.01. The highest BCUT2D eigenvalue weighted by atomic mass is 127. The van der Waals surface area contributed by atoms with Gasteiger partial charge in [0.2, 0.25) is 0 Å².